The van der Waals surface area contributed by atoms with Crippen molar-refractivity contribution >= 4 is 0 Å². The molecule has 0 aromatic heterocycles. The lowest BCUT2D eigenvalue weighted by molar-refractivity contribution is 0.175. The molecular formula is C9H16O. The van der Waals surface area contributed by atoms with Gasteiger partial charge in [-0.1, -0.05) is 32.9 Å². The molecule has 0 saturated heterocycles. The molecule has 0 heterocycles. The van der Waals surface area contributed by atoms with E-state index in [0.29, 0.717) is 11.3 Å². The molecule has 0 aromatic rings. The van der Waals surface area contributed by atoms with Gasteiger partial charge in [-0.25, -0.2) is 0 Å². The third-order valence-corrected chi connectivity index (χ3v) is 2.17. The number of allylic oxidation sites excluding steroid dienone is 1. The first-order valence-corrected chi connectivity index (χ1v) is 3.86. The average molecular weight is 140 g/mol. The highest BCUT2D eigenvalue weighted by molar-refractivity contribution is 5.05. The van der Waals surface area contributed by atoms with E-state index in [-0.39, 0.29) is 6.10 Å². The summed E-state index contributed by atoms with van der Waals surface area (Å²) in [5.74, 6) is 0.558. The lowest BCUT2D eigenvalue weighted by Gasteiger charge is -2.25. The smallest absolute Gasteiger partial charge is 0.0726 e. The van der Waals surface area contributed by atoms with Gasteiger partial charge < -0.3 is 5.11 Å². The molecule has 0 aromatic carbocycles. The van der Waals surface area contributed by atoms with E-state index in [4.69, 9.17) is 0 Å². The van der Waals surface area contributed by atoms with Gasteiger partial charge in [-0.2, -0.15) is 0 Å². The van der Waals surface area contributed by atoms with Crippen LogP contribution in [0.3, 0.4) is 0 Å². The summed E-state index contributed by atoms with van der Waals surface area (Å²) >= 11 is 0. The predicted molar refractivity (Wildman–Crippen MR) is 42.7 cm³/mol. The second-order valence-electron chi connectivity index (χ2n) is 4.16. The molecule has 0 unspecified atom stereocenters. The number of aliphatic hydroxyl groups excluding tert-OH is 1. The first kappa shape index (κ1) is 7.80. The van der Waals surface area contributed by atoms with Gasteiger partial charge in [0, 0.05) is 0 Å². The summed E-state index contributed by atoms with van der Waals surface area (Å²) in [6.07, 6.45) is 4.74. The van der Waals surface area contributed by atoms with Gasteiger partial charge in [0.1, 0.15) is 0 Å². The quantitative estimate of drug-likeness (QED) is 0.510. The van der Waals surface area contributed by atoms with Crippen LogP contribution in [-0.2, 0) is 0 Å². The van der Waals surface area contributed by atoms with E-state index in [1.54, 1.807) is 0 Å². The third kappa shape index (κ3) is 1.60. The molecule has 0 bridgehead atoms. The Morgan fingerprint density at radius 3 is 2.10 bits per heavy atom. The minimum absolute atomic E-state index is 0.191. The van der Waals surface area contributed by atoms with Crippen molar-refractivity contribution in [3.8, 4) is 0 Å². The van der Waals surface area contributed by atoms with Crippen LogP contribution in [0.5, 0.6) is 0 Å². The number of hydrogen-bond acceptors (Lipinski definition) is 1. The number of rotatable bonds is 0. The molecule has 0 aliphatic heterocycles. The fourth-order valence-electron chi connectivity index (χ4n) is 1.32. The Labute approximate surface area is 62.8 Å². The highest BCUT2D eigenvalue weighted by Crippen LogP contribution is 2.34. The maximum Gasteiger partial charge on any atom is 0.0726 e. The Kier molecular flexibility index (Phi) is 1.86. The van der Waals surface area contributed by atoms with E-state index in [9.17, 15) is 5.11 Å². The second kappa shape index (κ2) is 2.39. The average Bonchev–Trinajstić information content (AvgIpc) is 2.11. The van der Waals surface area contributed by atoms with Crippen LogP contribution in [0.1, 0.15) is 27.2 Å². The molecule has 2 atom stereocenters. The lowest BCUT2D eigenvalue weighted by atomic mass is 9.80. The predicted octanol–water partition coefficient (Wildman–Crippen LogP) is 1.97. The van der Waals surface area contributed by atoms with E-state index < -0.39 is 0 Å². The highest BCUT2D eigenvalue weighted by Gasteiger charge is 2.27. The Morgan fingerprint density at radius 1 is 1.30 bits per heavy atom. The second-order valence-corrected chi connectivity index (χ2v) is 4.16. The molecule has 1 N–H and O–H groups in total. The molecule has 0 saturated carbocycles. The van der Waals surface area contributed by atoms with Gasteiger partial charge in [0.25, 0.3) is 0 Å². The maximum atomic E-state index is 9.18. The maximum absolute atomic E-state index is 9.18. The molecule has 10 heavy (non-hydrogen) atoms. The number of hydrogen-bond donors (Lipinski definition) is 1. The summed E-state index contributed by atoms with van der Waals surface area (Å²) < 4.78 is 0. The Balaban J connectivity index is 2.55. The van der Waals surface area contributed by atoms with E-state index in [2.05, 4.69) is 26.8 Å². The lowest BCUT2D eigenvalue weighted by Crippen LogP contribution is -2.18. The van der Waals surface area contributed by atoms with Crippen LogP contribution in [0, 0.1) is 11.3 Å². The molecule has 0 radical (unpaired) electrons. The summed E-state index contributed by atoms with van der Waals surface area (Å²) in [5.41, 5.74) is 0.313. The molecule has 58 valence electrons. The van der Waals surface area contributed by atoms with Gasteiger partial charge >= 0.3 is 0 Å². The molecule has 1 aliphatic carbocycles. The van der Waals surface area contributed by atoms with Crippen molar-refractivity contribution in [2.45, 2.75) is 33.3 Å². The monoisotopic (exact) mass is 140 g/mol. The van der Waals surface area contributed by atoms with Crippen molar-refractivity contribution < 1.29 is 5.11 Å². The molecule has 1 heteroatoms. The van der Waals surface area contributed by atoms with Crippen LogP contribution in [-0.4, -0.2) is 11.2 Å². The van der Waals surface area contributed by atoms with Gasteiger partial charge in [0.15, 0.2) is 0 Å². The first-order valence-electron chi connectivity index (χ1n) is 3.86. The molecule has 0 amide bonds. The molecule has 1 rings (SSSR count). The van der Waals surface area contributed by atoms with E-state index >= 15 is 0 Å². The van der Waals surface area contributed by atoms with Crippen molar-refractivity contribution in [2.75, 3.05) is 0 Å². The van der Waals surface area contributed by atoms with Crippen molar-refractivity contribution in [3.05, 3.63) is 12.2 Å². The Bertz CT molecular complexity index is 141. The molecule has 0 spiro atoms. The Morgan fingerprint density at radius 2 is 1.90 bits per heavy atom. The third-order valence-electron chi connectivity index (χ3n) is 2.17. The van der Waals surface area contributed by atoms with Crippen molar-refractivity contribution in [1.29, 1.82) is 0 Å². The van der Waals surface area contributed by atoms with Gasteiger partial charge in [-0.15, -0.1) is 0 Å². The van der Waals surface area contributed by atoms with Crippen molar-refractivity contribution in [3.63, 3.8) is 0 Å². The molecule has 0 fully saturated rings. The zero-order valence-electron chi connectivity index (χ0n) is 6.96. The van der Waals surface area contributed by atoms with Gasteiger partial charge in [0.2, 0.25) is 0 Å². The van der Waals surface area contributed by atoms with Crippen molar-refractivity contribution in [2.24, 2.45) is 11.3 Å². The minimum Gasteiger partial charge on any atom is -0.389 e. The molecular weight excluding hydrogens is 124 g/mol. The SMILES string of the molecule is CC(C)(C)[C@H]1C=C[C@@H](O)C1. The van der Waals surface area contributed by atoms with Crippen LogP contribution < -0.4 is 0 Å². The summed E-state index contributed by atoms with van der Waals surface area (Å²) in [6, 6.07) is 0. The van der Waals surface area contributed by atoms with Gasteiger partial charge in [0.05, 0.1) is 6.10 Å². The fraction of sp³-hybridized carbons (Fsp3) is 0.778. The standard InChI is InChI=1S/C9H16O/c1-9(2,3)7-4-5-8(10)6-7/h4-5,7-8,10H,6H2,1-3H3/t7-,8+/m0/s1. The highest BCUT2D eigenvalue weighted by atomic mass is 16.3. The van der Waals surface area contributed by atoms with Crippen molar-refractivity contribution in [1.82, 2.24) is 0 Å². The summed E-state index contributed by atoms with van der Waals surface area (Å²) in [4.78, 5) is 0. The molecule has 1 nitrogen and oxygen atoms in total. The minimum atomic E-state index is -0.191. The Hall–Kier alpha value is -0.300. The van der Waals surface area contributed by atoms with Crippen LogP contribution in [0.15, 0.2) is 12.2 Å². The summed E-state index contributed by atoms with van der Waals surface area (Å²) in [6.45, 7) is 6.63. The molecule has 1 aliphatic rings. The van der Waals surface area contributed by atoms with E-state index in [1.165, 1.54) is 0 Å². The van der Waals surface area contributed by atoms with E-state index in [0.717, 1.165) is 6.42 Å². The van der Waals surface area contributed by atoms with Crippen LogP contribution in [0.2, 0.25) is 0 Å². The first-order chi connectivity index (χ1) is 4.50. The number of aliphatic hydroxyl groups is 1. The summed E-state index contributed by atoms with van der Waals surface area (Å²) in [5, 5.41) is 9.18. The normalized spacial score (nSPS) is 33.2. The zero-order chi connectivity index (χ0) is 7.78. The van der Waals surface area contributed by atoms with Crippen LogP contribution >= 0.6 is 0 Å². The zero-order valence-corrected chi connectivity index (χ0v) is 6.96. The topological polar surface area (TPSA) is 20.2 Å². The fourth-order valence-corrected chi connectivity index (χ4v) is 1.32. The van der Waals surface area contributed by atoms with Crippen LogP contribution in [0.25, 0.3) is 0 Å². The van der Waals surface area contributed by atoms with Gasteiger partial charge in [-0.05, 0) is 17.8 Å². The summed E-state index contributed by atoms with van der Waals surface area (Å²) in [7, 11) is 0. The van der Waals surface area contributed by atoms with Gasteiger partial charge in [-0.3, -0.25) is 0 Å². The van der Waals surface area contributed by atoms with Crippen LogP contribution in [0.4, 0.5) is 0 Å². The largest absolute Gasteiger partial charge is 0.389 e. The van der Waals surface area contributed by atoms with E-state index in [1.807, 2.05) is 6.08 Å².